The third-order valence-electron chi connectivity index (χ3n) is 4.75. The van der Waals surface area contributed by atoms with Crippen LogP contribution in [0.4, 0.5) is 18.0 Å². The molecule has 2 rings (SSSR count). The fraction of sp³-hybridized carbons (Fsp3) is 0.588. The Hall–Kier alpha value is -1.80. The molecule has 2 N–H and O–H groups in total. The Kier molecular flexibility index (Phi) is 5.95. The van der Waals surface area contributed by atoms with Crippen LogP contribution in [-0.2, 0) is 6.18 Å². The minimum absolute atomic E-state index is 0.171. The number of halogens is 3. The van der Waals surface area contributed by atoms with Crippen LogP contribution in [0, 0.1) is 0 Å². The van der Waals surface area contributed by atoms with E-state index in [2.05, 4.69) is 0 Å². The number of piperazine rings is 1. The number of alkyl halides is 3. The number of aliphatic hydroxyl groups excluding tert-OH is 1. The Bertz CT molecular complexity index is 592. The van der Waals surface area contributed by atoms with Crippen LogP contribution in [0.1, 0.15) is 37.4 Å². The average molecular weight is 360 g/mol. The molecule has 1 aliphatic heterocycles. The van der Waals surface area contributed by atoms with Gasteiger partial charge in [0.2, 0.25) is 0 Å². The maximum absolute atomic E-state index is 12.7. The van der Waals surface area contributed by atoms with E-state index < -0.39 is 17.8 Å². The standard InChI is InChI=1S/C17H23F3N2O3/c1-3-15(12-4-6-13(7-5-12)17(18,19)20)22-8-11(2)21(16(24)25)9-14(22)10-23/h4-7,11,14-15,23H,3,8-10H2,1-2H3,(H,24,25). The lowest BCUT2D eigenvalue weighted by molar-refractivity contribution is -0.137. The Morgan fingerprint density at radius 3 is 2.32 bits per heavy atom. The third kappa shape index (κ3) is 4.24. The maximum Gasteiger partial charge on any atom is 0.416 e. The molecule has 1 aromatic rings. The molecule has 3 atom stereocenters. The van der Waals surface area contributed by atoms with Crippen LogP contribution in [-0.4, -0.2) is 57.9 Å². The minimum atomic E-state index is -4.38. The van der Waals surface area contributed by atoms with Crippen LogP contribution in [0.5, 0.6) is 0 Å². The molecule has 0 saturated carbocycles. The highest BCUT2D eigenvalue weighted by atomic mass is 19.4. The first-order valence-corrected chi connectivity index (χ1v) is 8.22. The Morgan fingerprint density at radius 2 is 1.88 bits per heavy atom. The summed E-state index contributed by atoms with van der Waals surface area (Å²) >= 11 is 0. The first-order valence-electron chi connectivity index (χ1n) is 8.22. The van der Waals surface area contributed by atoms with Gasteiger partial charge in [-0.05, 0) is 31.0 Å². The van der Waals surface area contributed by atoms with Crippen molar-refractivity contribution in [2.75, 3.05) is 19.7 Å². The number of benzene rings is 1. The topological polar surface area (TPSA) is 64.0 Å². The summed E-state index contributed by atoms with van der Waals surface area (Å²) in [4.78, 5) is 14.6. The Labute approximate surface area is 144 Å². The molecule has 140 valence electrons. The SMILES string of the molecule is CCC(c1ccc(C(F)(F)F)cc1)N1CC(C)N(C(=O)O)CC1CO. The third-order valence-corrected chi connectivity index (χ3v) is 4.75. The van der Waals surface area contributed by atoms with Crippen molar-refractivity contribution in [1.82, 2.24) is 9.80 Å². The van der Waals surface area contributed by atoms with Crippen molar-refractivity contribution in [2.45, 2.75) is 44.6 Å². The van der Waals surface area contributed by atoms with Crippen LogP contribution in [0.2, 0.25) is 0 Å². The fourth-order valence-electron chi connectivity index (χ4n) is 3.43. The number of carbonyl (C=O) groups is 1. The van der Waals surface area contributed by atoms with Crippen LogP contribution in [0.25, 0.3) is 0 Å². The molecule has 5 nitrogen and oxygen atoms in total. The number of aliphatic hydroxyl groups is 1. The lowest BCUT2D eigenvalue weighted by Crippen LogP contribution is -2.60. The molecule has 0 bridgehead atoms. The lowest BCUT2D eigenvalue weighted by atomic mass is 9.96. The van der Waals surface area contributed by atoms with E-state index in [-0.39, 0.29) is 31.3 Å². The van der Waals surface area contributed by atoms with Gasteiger partial charge in [-0.3, -0.25) is 4.90 Å². The van der Waals surface area contributed by atoms with Gasteiger partial charge < -0.3 is 15.1 Å². The predicted octanol–water partition coefficient (Wildman–Crippen LogP) is 3.20. The average Bonchev–Trinajstić information content (AvgIpc) is 2.55. The van der Waals surface area contributed by atoms with Gasteiger partial charge >= 0.3 is 12.3 Å². The van der Waals surface area contributed by atoms with Crippen LogP contribution in [0.15, 0.2) is 24.3 Å². The van der Waals surface area contributed by atoms with Crippen molar-refractivity contribution in [3.63, 3.8) is 0 Å². The second-order valence-corrected chi connectivity index (χ2v) is 6.36. The van der Waals surface area contributed by atoms with Crippen LogP contribution < -0.4 is 0 Å². The second-order valence-electron chi connectivity index (χ2n) is 6.36. The smallest absolute Gasteiger partial charge is 0.416 e. The normalized spacial score (nSPS) is 23.5. The molecule has 1 aromatic carbocycles. The van der Waals surface area contributed by atoms with Crippen LogP contribution >= 0.6 is 0 Å². The molecule has 1 aliphatic rings. The zero-order valence-electron chi connectivity index (χ0n) is 14.2. The van der Waals surface area contributed by atoms with Crippen molar-refractivity contribution in [3.05, 3.63) is 35.4 Å². The van der Waals surface area contributed by atoms with Crippen LogP contribution in [0.3, 0.4) is 0 Å². The number of hydrogen-bond donors (Lipinski definition) is 2. The van der Waals surface area contributed by atoms with Gasteiger partial charge in [0.25, 0.3) is 0 Å². The largest absolute Gasteiger partial charge is 0.465 e. The van der Waals surface area contributed by atoms with Gasteiger partial charge in [0, 0.05) is 25.2 Å². The predicted molar refractivity (Wildman–Crippen MR) is 86.2 cm³/mol. The van der Waals surface area contributed by atoms with Crippen molar-refractivity contribution in [2.24, 2.45) is 0 Å². The van der Waals surface area contributed by atoms with Gasteiger partial charge in [0.1, 0.15) is 0 Å². The highest BCUT2D eigenvalue weighted by Gasteiger charge is 2.37. The molecule has 1 heterocycles. The van der Waals surface area contributed by atoms with E-state index in [1.165, 1.54) is 17.0 Å². The first kappa shape index (κ1) is 19.5. The molecular weight excluding hydrogens is 337 g/mol. The van der Waals surface area contributed by atoms with Gasteiger partial charge in [0.05, 0.1) is 18.2 Å². The van der Waals surface area contributed by atoms with E-state index in [1.54, 1.807) is 6.92 Å². The van der Waals surface area contributed by atoms with Crippen molar-refractivity contribution in [3.8, 4) is 0 Å². The molecule has 1 fully saturated rings. The first-order chi connectivity index (χ1) is 11.7. The van der Waals surface area contributed by atoms with Gasteiger partial charge in [0.15, 0.2) is 0 Å². The number of rotatable bonds is 4. The summed E-state index contributed by atoms with van der Waals surface area (Å²) in [5, 5.41) is 18.9. The number of nitrogens with zero attached hydrogens (tertiary/aromatic N) is 2. The number of amides is 1. The van der Waals surface area contributed by atoms with Crippen molar-refractivity contribution in [1.29, 1.82) is 0 Å². The Morgan fingerprint density at radius 1 is 1.28 bits per heavy atom. The molecule has 0 aliphatic carbocycles. The van der Waals surface area contributed by atoms with Gasteiger partial charge in [-0.25, -0.2) is 4.79 Å². The van der Waals surface area contributed by atoms with Gasteiger partial charge in [-0.1, -0.05) is 19.1 Å². The summed E-state index contributed by atoms with van der Waals surface area (Å²) in [6.07, 6.45) is -4.77. The zero-order chi connectivity index (χ0) is 18.8. The van der Waals surface area contributed by atoms with E-state index in [9.17, 15) is 28.2 Å². The summed E-state index contributed by atoms with van der Waals surface area (Å²) in [6, 6.07) is 4.20. The van der Waals surface area contributed by atoms with Gasteiger partial charge in [-0.15, -0.1) is 0 Å². The highest BCUT2D eigenvalue weighted by Crippen LogP contribution is 2.33. The summed E-state index contributed by atoms with van der Waals surface area (Å²) < 4.78 is 38.2. The van der Waals surface area contributed by atoms with Crippen molar-refractivity contribution >= 4 is 6.09 Å². The van der Waals surface area contributed by atoms with E-state index in [0.29, 0.717) is 13.0 Å². The zero-order valence-corrected chi connectivity index (χ0v) is 14.2. The quantitative estimate of drug-likeness (QED) is 0.866. The fourth-order valence-corrected chi connectivity index (χ4v) is 3.43. The van der Waals surface area contributed by atoms with Gasteiger partial charge in [-0.2, -0.15) is 13.2 Å². The van der Waals surface area contributed by atoms with E-state index in [4.69, 9.17) is 0 Å². The molecule has 0 aromatic heterocycles. The molecule has 8 heteroatoms. The molecule has 25 heavy (non-hydrogen) atoms. The monoisotopic (exact) mass is 360 g/mol. The molecular formula is C17H23F3N2O3. The molecule has 1 amide bonds. The number of carboxylic acid groups (broad SMARTS) is 1. The van der Waals surface area contributed by atoms with Crippen molar-refractivity contribution < 1.29 is 28.2 Å². The summed E-state index contributed by atoms with van der Waals surface area (Å²) in [5.41, 5.74) is 0.0267. The molecule has 1 saturated heterocycles. The molecule has 3 unspecified atom stereocenters. The van der Waals surface area contributed by atoms with E-state index >= 15 is 0 Å². The molecule has 0 radical (unpaired) electrons. The summed E-state index contributed by atoms with van der Waals surface area (Å²) in [5.74, 6) is 0. The highest BCUT2D eigenvalue weighted by molar-refractivity contribution is 5.65. The molecule has 0 spiro atoms. The second kappa shape index (κ2) is 7.61. The minimum Gasteiger partial charge on any atom is -0.465 e. The lowest BCUT2D eigenvalue weighted by Gasteiger charge is -2.47. The van der Waals surface area contributed by atoms with E-state index in [1.807, 2.05) is 11.8 Å². The summed E-state index contributed by atoms with van der Waals surface area (Å²) in [6.45, 7) is 4.08. The summed E-state index contributed by atoms with van der Waals surface area (Å²) in [7, 11) is 0. The Balaban J connectivity index is 2.25. The number of hydrogen-bond acceptors (Lipinski definition) is 3. The van der Waals surface area contributed by atoms with E-state index in [0.717, 1.165) is 17.7 Å². The maximum atomic E-state index is 12.7.